The second-order valence-corrected chi connectivity index (χ2v) is 7.62. The molecule has 5 heteroatoms. The van der Waals surface area contributed by atoms with E-state index in [2.05, 4.69) is 17.6 Å². The number of rotatable bonds is 2. The third-order valence-corrected chi connectivity index (χ3v) is 4.99. The third-order valence-electron chi connectivity index (χ3n) is 4.99. The van der Waals surface area contributed by atoms with Gasteiger partial charge in [-0.2, -0.15) is 0 Å². The zero-order valence-electron chi connectivity index (χ0n) is 13.7. The van der Waals surface area contributed by atoms with Crippen LogP contribution in [-0.4, -0.2) is 55.4 Å². The van der Waals surface area contributed by atoms with Crippen LogP contribution in [0.5, 0.6) is 0 Å². The standard InChI is InChI=1S/C15H29N3O2/c1-13(2,3)20-12(19)18-9-14(4)7-11(16-5)8-15(14,10-18)17-6/h11,16-17H,7-10H2,1-6H3/t11?,14-,15-/m0/s1. The van der Waals surface area contributed by atoms with Crippen molar-refractivity contribution < 1.29 is 9.53 Å². The molecule has 0 aromatic heterocycles. The van der Waals surface area contributed by atoms with Gasteiger partial charge in [-0.25, -0.2) is 4.79 Å². The highest BCUT2D eigenvalue weighted by molar-refractivity contribution is 5.69. The van der Waals surface area contributed by atoms with Gasteiger partial charge in [-0.3, -0.25) is 0 Å². The summed E-state index contributed by atoms with van der Waals surface area (Å²) in [5, 5.41) is 6.89. The van der Waals surface area contributed by atoms with Crippen LogP contribution in [0, 0.1) is 5.41 Å². The predicted molar refractivity (Wildman–Crippen MR) is 79.8 cm³/mol. The average Bonchev–Trinajstić information content (AvgIpc) is 2.74. The fourth-order valence-corrected chi connectivity index (χ4v) is 3.90. The Bertz CT molecular complexity index is 393. The summed E-state index contributed by atoms with van der Waals surface area (Å²) in [7, 11) is 4.03. The van der Waals surface area contributed by atoms with Gasteiger partial charge in [0.2, 0.25) is 0 Å². The predicted octanol–water partition coefficient (Wildman–Crippen LogP) is 1.58. The summed E-state index contributed by atoms with van der Waals surface area (Å²) >= 11 is 0. The van der Waals surface area contributed by atoms with E-state index in [1.807, 2.05) is 39.8 Å². The molecule has 0 bridgehead atoms. The Balaban J connectivity index is 2.13. The van der Waals surface area contributed by atoms with Gasteiger partial charge in [-0.1, -0.05) is 6.92 Å². The monoisotopic (exact) mass is 283 g/mol. The maximum atomic E-state index is 12.3. The smallest absolute Gasteiger partial charge is 0.410 e. The molecule has 1 unspecified atom stereocenters. The van der Waals surface area contributed by atoms with Crippen LogP contribution in [0.15, 0.2) is 0 Å². The molecule has 3 atom stereocenters. The third kappa shape index (κ3) is 2.53. The van der Waals surface area contributed by atoms with Crippen LogP contribution in [0.4, 0.5) is 4.79 Å². The van der Waals surface area contributed by atoms with E-state index in [4.69, 9.17) is 4.74 Å². The van der Waals surface area contributed by atoms with Gasteiger partial charge < -0.3 is 20.3 Å². The number of hydrogen-bond donors (Lipinski definition) is 2. The number of amides is 1. The number of nitrogens with one attached hydrogen (secondary N) is 2. The lowest BCUT2D eigenvalue weighted by atomic mass is 9.76. The molecule has 116 valence electrons. The second kappa shape index (κ2) is 4.88. The Kier molecular flexibility index (Phi) is 3.80. The molecule has 2 N–H and O–H groups in total. The van der Waals surface area contributed by atoms with Gasteiger partial charge in [0, 0.05) is 30.1 Å². The summed E-state index contributed by atoms with van der Waals surface area (Å²) < 4.78 is 5.52. The van der Waals surface area contributed by atoms with E-state index in [1.54, 1.807) is 0 Å². The fourth-order valence-electron chi connectivity index (χ4n) is 3.90. The van der Waals surface area contributed by atoms with E-state index >= 15 is 0 Å². The van der Waals surface area contributed by atoms with Crippen LogP contribution in [0.2, 0.25) is 0 Å². The van der Waals surface area contributed by atoms with Crippen molar-refractivity contribution in [2.75, 3.05) is 27.2 Å². The number of carbonyl (C=O) groups excluding carboxylic acids is 1. The van der Waals surface area contributed by atoms with Gasteiger partial charge in [-0.15, -0.1) is 0 Å². The minimum absolute atomic E-state index is 0.00240. The maximum Gasteiger partial charge on any atom is 0.410 e. The normalized spacial score (nSPS) is 37.1. The highest BCUT2D eigenvalue weighted by Crippen LogP contribution is 2.51. The molecule has 0 aromatic rings. The summed E-state index contributed by atoms with van der Waals surface area (Å²) in [4.78, 5) is 14.2. The topological polar surface area (TPSA) is 53.6 Å². The number of carbonyl (C=O) groups is 1. The first kappa shape index (κ1) is 15.6. The highest BCUT2D eigenvalue weighted by atomic mass is 16.6. The molecule has 0 radical (unpaired) electrons. The molecule has 1 heterocycles. The summed E-state index contributed by atoms with van der Waals surface area (Å²) in [6, 6.07) is 0.522. The summed E-state index contributed by atoms with van der Waals surface area (Å²) in [5.41, 5.74) is -0.333. The van der Waals surface area contributed by atoms with Gasteiger partial charge in [0.25, 0.3) is 0 Å². The van der Waals surface area contributed by atoms with Crippen molar-refractivity contribution in [2.45, 2.75) is 57.7 Å². The van der Waals surface area contributed by atoms with E-state index in [1.165, 1.54) is 0 Å². The van der Waals surface area contributed by atoms with E-state index in [9.17, 15) is 4.79 Å². The Morgan fingerprint density at radius 3 is 2.35 bits per heavy atom. The molecular formula is C15H29N3O2. The lowest BCUT2D eigenvalue weighted by Gasteiger charge is -2.35. The maximum absolute atomic E-state index is 12.3. The molecule has 20 heavy (non-hydrogen) atoms. The minimum atomic E-state index is -0.435. The number of hydrogen-bond acceptors (Lipinski definition) is 4. The Hall–Kier alpha value is -0.810. The number of likely N-dealkylation sites (tertiary alicyclic amines) is 1. The summed E-state index contributed by atoms with van der Waals surface area (Å²) in [6.45, 7) is 9.51. The van der Waals surface area contributed by atoms with Crippen molar-refractivity contribution in [1.29, 1.82) is 0 Å². The van der Waals surface area contributed by atoms with Crippen LogP contribution >= 0.6 is 0 Å². The zero-order valence-corrected chi connectivity index (χ0v) is 13.7. The fraction of sp³-hybridized carbons (Fsp3) is 0.933. The molecule has 2 rings (SSSR count). The molecule has 1 amide bonds. The zero-order chi connectivity index (χ0) is 15.2. The molecule has 1 saturated carbocycles. The lowest BCUT2D eigenvalue weighted by Crippen LogP contribution is -2.52. The SMILES string of the molecule is CNC1C[C@@]2(C)CN(C(=O)OC(C)(C)C)C[C@@]2(NC)C1. The van der Waals surface area contributed by atoms with E-state index < -0.39 is 5.60 Å². The number of nitrogens with zero attached hydrogens (tertiary/aromatic N) is 1. The number of ether oxygens (including phenoxy) is 1. The van der Waals surface area contributed by atoms with E-state index in [0.717, 1.165) is 25.9 Å². The first-order valence-electron chi connectivity index (χ1n) is 7.49. The van der Waals surface area contributed by atoms with Crippen LogP contribution in [-0.2, 0) is 4.74 Å². The highest BCUT2D eigenvalue weighted by Gasteiger charge is 2.60. The van der Waals surface area contributed by atoms with Crippen LogP contribution in [0.25, 0.3) is 0 Å². The molecular weight excluding hydrogens is 254 g/mol. The minimum Gasteiger partial charge on any atom is -0.444 e. The molecule has 1 aliphatic carbocycles. The van der Waals surface area contributed by atoms with Crippen molar-refractivity contribution >= 4 is 6.09 Å². The molecule has 2 fully saturated rings. The van der Waals surface area contributed by atoms with Crippen molar-refractivity contribution in [2.24, 2.45) is 5.41 Å². The number of likely N-dealkylation sites (N-methyl/N-ethyl adjacent to an activating group) is 1. The largest absolute Gasteiger partial charge is 0.444 e. The lowest BCUT2D eigenvalue weighted by molar-refractivity contribution is 0.0266. The van der Waals surface area contributed by atoms with Gasteiger partial charge in [0.15, 0.2) is 0 Å². The Labute approximate surface area is 122 Å². The summed E-state index contributed by atoms with van der Waals surface area (Å²) in [6.07, 6.45) is 1.95. The van der Waals surface area contributed by atoms with E-state index in [0.29, 0.717) is 6.04 Å². The molecule has 0 aromatic carbocycles. The first-order valence-corrected chi connectivity index (χ1v) is 7.49. The van der Waals surface area contributed by atoms with Crippen LogP contribution in [0.1, 0.15) is 40.5 Å². The molecule has 0 spiro atoms. The molecule has 5 nitrogen and oxygen atoms in total. The van der Waals surface area contributed by atoms with Crippen molar-refractivity contribution in [1.82, 2.24) is 15.5 Å². The van der Waals surface area contributed by atoms with Crippen LogP contribution in [0.3, 0.4) is 0 Å². The first-order chi connectivity index (χ1) is 9.15. The van der Waals surface area contributed by atoms with Gasteiger partial charge in [-0.05, 0) is 47.7 Å². The Morgan fingerprint density at radius 1 is 1.25 bits per heavy atom. The van der Waals surface area contributed by atoms with Gasteiger partial charge >= 0.3 is 6.09 Å². The quantitative estimate of drug-likeness (QED) is 0.808. The molecule has 1 aliphatic heterocycles. The van der Waals surface area contributed by atoms with Crippen molar-refractivity contribution in [3.8, 4) is 0 Å². The number of fused-ring (bicyclic) bond motifs is 1. The second-order valence-electron chi connectivity index (χ2n) is 7.62. The van der Waals surface area contributed by atoms with Gasteiger partial charge in [0.1, 0.15) is 5.60 Å². The molecule has 1 saturated heterocycles. The molecule has 2 aliphatic rings. The van der Waals surface area contributed by atoms with Gasteiger partial charge in [0.05, 0.1) is 0 Å². The Morgan fingerprint density at radius 2 is 1.90 bits per heavy atom. The van der Waals surface area contributed by atoms with E-state index in [-0.39, 0.29) is 17.0 Å². The van der Waals surface area contributed by atoms with Crippen LogP contribution < -0.4 is 10.6 Å². The summed E-state index contributed by atoms with van der Waals surface area (Å²) in [5.74, 6) is 0. The van der Waals surface area contributed by atoms with Crippen molar-refractivity contribution in [3.63, 3.8) is 0 Å². The van der Waals surface area contributed by atoms with Crippen molar-refractivity contribution in [3.05, 3.63) is 0 Å². The average molecular weight is 283 g/mol.